The Balaban J connectivity index is 1.52. The SMILES string of the molecule is Cn1cc(CN2CCCC2c2cccc(Cc3ccccc3Cl)n2)cn1. The number of hydrogen-bond acceptors (Lipinski definition) is 3. The maximum Gasteiger partial charge on any atom is 0.0578 e. The van der Waals surface area contributed by atoms with Gasteiger partial charge < -0.3 is 0 Å². The van der Waals surface area contributed by atoms with Crippen LogP contribution in [0.15, 0.2) is 54.9 Å². The van der Waals surface area contributed by atoms with Gasteiger partial charge in [0, 0.05) is 42.5 Å². The van der Waals surface area contributed by atoms with Crippen LogP contribution in [-0.4, -0.2) is 26.2 Å². The van der Waals surface area contributed by atoms with E-state index in [-0.39, 0.29) is 0 Å². The average Bonchev–Trinajstić information content (AvgIpc) is 3.26. The van der Waals surface area contributed by atoms with Gasteiger partial charge in [-0.2, -0.15) is 5.10 Å². The largest absolute Gasteiger partial charge is 0.290 e. The van der Waals surface area contributed by atoms with Crippen LogP contribution in [0.1, 0.15) is 41.4 Å². The van der Waals surface area contributed by atoms with Crippen LogP contribution >= 0.6 is 11.6 Å². The summed E-state index contributed by atoms with van der Waals surface area (Å²) >= 11 is 6.31. The van der Waals surface area contributed by atoms with Gasteiger partial charge in [-0.05, 0) is 43.1 Å². The van der Waals surface area contributed by atoms with Crippen molar-refractivity contribution < 1.29 is 0 Å². The van der Waals surface area contributed by atoms with Crippen molar-refractivity contribution in [1.82, 2.24) is 19.7 Å². The third-order valence-electron chi connectivity index (χ3n) is 5.01. The summed E-state index contributed by atoms with van der Waals surface area (Å²) in [6.07, 6.45) is 7.18. The van der Waals surface area contributed by atoms with Gasteiger partial charge in [-0.15, -0.1) is 0 Å². The number of aryl methyl sites for hydroxylation is 1. The Kier molecular flexibility index (Phi) is 5.05. The lowest BCUT2D eigenvalue weighted by atomic mass is 10.1. The van der Waals surface area contributed by atoms with Crippen LogP contribution in [0.5, 0.6) is 0 Å². The van der Waals surface area contributed by atoms with Crippen LogP contribution in [0.25, 0.3) is 0 Å². The molecule has 1 unspecified atom stereocenters. The summed E-state index contributed by atoms with van der Waals surface area (Å²) in [7, 11) is 1.96. The molecule has 2 aromatic heterocycles. The Morgan fingerprint density at radius 1 is 1.15 bits per heavy atom. The van der Waals surface area contributed by atoms with Gasteiger partial charge in [0.2, 0.25) is 0 Å². The molecule has 1 atom stereocenters. The highest BCUT2D eigenvalue weighted by Gasteiger charge is 2.27. The molecule has 3 aromatic rings. The summed E-state index contributed by atoms with van der Waals surface area (Å²) in [4.78, 5) is 7.48. The van der Waals surface area contributed by atoms with E-state index in [1.807, 2.05) is 36.1 Å². The molecule has 1 saturated heterocycles. The molecule has 1 aliphatic rings. The third-order valence-corrected chi connectivity index (χ3v) is 5.38. The van der Waals surface area contributed by atoms with E-state index in [4.69, 9.17) is 16.6 Å². The van der Waals surface area contributed by atoms with Crippen LogP contribution in [0, 0.1) is 0 Å². The first kappa shape index (κ1) is 17.3. The van der Waals surface area contributed by atoms with E-state index in [1.165, 1.54) is 12.0 Å². The highest BCUT2D eigenvalue weighted by molar-refractivity contribution is 6.31. The Hall–Kier alpha value is -2.17. The van der Waals surface area contributed by atoms with Crippen molar-refractivity contribution in [2.24, 2.45) is 7.05 Å². The van der Waals surface area contributed by atoms with Crippen molar-refractivity contribution in [1.29, 1.82) is 0 Å². The summed E-state index contributed by atoms with van der Waals surface area (Å²) in [5, 5.41) is 5.09. The van der Waals surface area contributed by atoms with Crippen LogP contribution in [-0.2, 0) is 20.0 Å². The maximum atomic E-state index is 6.31. The number of rotatable bonds is 5. The minimum atomic E-state index is 0.376. The zero-order chi connectivity index (χ0) is 17.9. The molecule has 0 aliphatic carbocycles. The van der Waals surface area contributed by atoms with Crippen molar-refractivity contribution in [2.45, 2.75) is 31.8 Å². The Bertz CT molecular complexity index is 889. The smallest absolute Gasteiger partial charge is 0.0578 e. The molecule has 5 heteroatoms. The number of aromatic nitrogens is 3. The number of halogens is 1. The molecule has 0 N–H and O–H groups in total. The van der Waals surface area contributed by atoms with E-state index in [0.717, 1.165) is 47.9 Å². The summed E-state index contributed by atoms with van der Waals surface area (Å²) in [6.45, 7) is 2.03. The van der Waals surface area contributed by atoms with Crippen LogP contribution in [0.3, 0.4) is 0 Å². The Morgan fingerprint density at radius 2 is 2.04 bits per heavy atom. The van der Waals surface area contributed by atoms with E-state index < -0.39 is 0 Å². The van der Waals surface area contributed by atoms with E-state index in [9.17, 15) is 0 Å². The molecule has 4 rings (SSSR count). The summed E-state index contributed by atoms with van der Waals surface area (Å²) in [5.41, 5.74) is 4.61. The van der Waals surface area contributed by atoms with Crippen LogP contribution in [0.4, 0.5) is 0 Å². The van der Waals surface area contributed by atoms with E-state index in [1.54, 1.807) is 0 Å². The molecule has 0 bridgehead atoms. The van der Waals surface area contributed by atoms with Crippen LogP contribution in [0.2, 0.25) is 5.02 Å². The first-order valence-corrected chi connectivity index (χ1v) is 9.47. The monoisotopic (exact) mass is 366 g/mol. The molecule has 0 amide bonds. The Morgan fingerprint density at radius 3 is 2.85 bits per heavy atom. The lowest BCUT2D eigenvalue weighted by Crippen LogP contribution is -2.23. The number of likely N-dealkylation sites (tertiary alicyclic amines) is 1. The van der Waals surface area contributed by atoms with E-state index >= 15 is 0 Å². The van der Waals surface area contributed by atoms with Crippen molar-refractivity contribution in [3.63, 3.8) is 0 Å². The van der Waals surface area contributed by atoms with Crippen molar-refractivity contribution in [3.8, 4) is 0 Å². The predicted octanol–water partition coefficient (Wildman–Crippen LogP) is 4.40. The molecule has 1 aliphatic heterocycles. The third kappa shape index (κ3) is 3.81. The number of pyridine rings is 1. The minimum Gasteiger partial charge on any atom is -0.290 e. The van der Waals surface area contributed by atoms with Crippen molar-refractivity contribution >= 4 is 11.6 Å². The molecule has 0 radical (unpaired) electrons. The van der Waals surface area contributed by atoms with Gasteiger partial charge in [-0.1, -0.05) is 35.9 Å². The molecule has 0 saturated carbocycles. The second-order valence-electron chi connectivity index (χ2n) is 6.97. The van der Waals surface area contributed by atoms with Gasteiger partial charge in [0.1, 0.15) is 0 Å². The fourth-order valence-corrected chi connectivity index (χ4v) is 3.96. The fourth-order valence-electron chi connectivity index (χ4n) is 3.76. The summed E-state index contributed by atoms with van der Waals surface area (Å²) < 4.78 is 1.86. The zero-order valence-corrected chi connectivity index (χ0v) is 15.7. The highest BCUT2D eigenvalue weighted by Crippen LogP contribution is 2.32. The topological polar surface area (TPSA) is 34.0 Å². The number of hydrogen-bond donors (Lipinski definition) is 0. The standard InChI is InChI=1S/C21H23ClN4/c1-25-14-16(13-23-25)15-26-11-5-10-21(26)20-9-4-7-18(24-20)12-17-6-2-3-8-19(17)22/h2-4,6-9,13-14,21H,5,10-12,15H2,1H3. The fraction of sp³-hybridized carbons (Fsp3) is 0.333. The van der Waals surface area contributed by atoms with Gasteiger partial charge in [-0.25, -0.2) is 0 Å². The summed E-state index contributed by atoms with van der Waals surface area (Å²) in [5.74, 6) is 0. The normalized spacial score (nSPS) is 17.7. The molecule has 26 heavy (non-hydrogen) atoms. The van der Waals surface area contributed by atoms with Crippen molar-refractivity contribution in [2.75, 3.05) is 6.54 Å². The second kappa shape index (κ2) is 7.60. The molecule has 1 aromatic carbocycles. The van der Waals surface area contributed by atoms with E-state index in [2.05, 4.69) is 40.5 Å². The molecular formula is C21H23ClN4. The first-order valence-electron chi connectivity index (χ1n) is 9.10. The van der Waals surface area contributed by atoms with Crippen molar-refractivity contribution in [3.05, 3.63) is 82.4 Å². The first-order chi connectivity index (χ1) is 12.7. The maximum absolute atomic E-state index is 6.31. The van der Waals surface area contributed by atoms with E-state index in [0.29, 0.717) is 6.04 Å². The van der Waals surface area contributed by atoms with Gasteiger partial charge >= 0.3 is 0 Å². The quantitative estimate of drug-likeness (QED) is 0.671. The zero-order valence-electron chi connectivity index (χ0n) is 15.0. The molecule has 4 nitrogen and oxygen atoms in total. The van der Waals surface area contributed by atoms with Crippen LogP contribution < -0.4 is 0 Å². The minimum absolute atomic E-state index is 0.376. The average molecular weight is 367 g/mol. The van der Waals surface area contributed by atoms with Gasteiger partial charge in [0.15, 0.2) is 0 Å². The highest BCUT2D eigenvalue weighted by atomic mass is 35.5. The number of nitrogens with zero attached hydrogens (tertiary/aromatic N) is 4. The summed E-state index contributed by atoms with van der Waals surface area (Å²) in [6, 6.07) is 14.7. The second-order valence-corrected chi connectivity index (χ2v) is 7.38. The predicted molar refractivity (Wildman–Crippen MR) is 104 cm³/mol. The van der Waals surface area contributed by atoms with Gasteiger partial charge in [0.25, 0.3) is 0 Å². The molecular weight excluding hydrogens is 344 g/mol. The lowest BCUT2D eigenvalue weighted by Gasteiger charge is -2.23. The van der Waals surface area contributed by atoms with Gasteiger partial charge in [0.05, 0.1) is 17.9 Å². The molecule has 1 fully saturated rings. The van der Waals surface area contributed by atoms with Gasteiger partial charge in [-0.3, -0.25) is 14.6 Å². The molecule has 3 heterocycles. The molecule has 134 valence electrons. The number of benzene rings is 1. The molecule has 0 spiro atoms. The Labute approximate surface area is 159 Å². The lowest BCUT2D eigenvalue weighted by molar-refractivity contribution is 0.244.